The summed E-state index contributed by atoms with van der Waals surface area (Å²) in [6.45, 7) is 3.82. The molecular weight excluding hydrogens is 392 g/mol. The van der Waals surface area contributed by atoms with E-state index in [1.54, 1.807) is 12.1 Å². The van der Waals surface area contributed by atoms with Gasteiger partial charge in [0.15, 0.2) is 27.2 Å². The summed E-state index contributed by atoms with van der Waals surface area (Å²) >= 11 is 0. The van der Waals surface area contributed by atoms with E-state index in [4.69, 9.17) is 5.73 Å². The Morgan fingerprint density at radius 2 is 2.07 bits per heavy atom. The highest BCUT2D eigenvalue weighted by Crippen LogP contribution is 2.25. The van der Waals surface area contributed by atoms with Crippen molar-refractivity contribution in [2.75, 3.05) is 37.0 Å². The Kier molecular flexibility index (Phi) is 6.04. The maximum absolute atomic E-state index is 12.0. The van der Waals surface area contributed by atoms with Gasteiger partial charge in [0.25, 0.3) is 5.91 Å². The van der Waals surface area contributed by atoms with E-state index in [9.17, 15) is 13.2 Å². The number of sulfone groups is 1. The van der Waals surface area contributed by atoms with Crippen LogP contribution in [0.15, 0.2) is 29.2 Å². The molecule has 0 spiro atoms. The molecule has 1 aromatic heterocycles. The average Bonchev–Trinajstić information content (AvgIpc) is 3.06. The van der Waals surface area contributed by atoms with Gasteiger partial charge in [-0.3, -0.25) is 4.79 Å². The number of carbonyl (C=O) groups excluding carboxylic acids is 1. The van der Waals surface area contributed by atoms with E-state index in [1.165, 1.54) is 12.1 Å². The summed E-state index contributed by atoms with van der Waals surface area (Å²) in [5.74, 6) is 0.0786. The van der Waals surface area contributed by atoms with Crippen LogP contribution in [-0.2, 0) is 16.3 Å². The Morgan fingerprint density at radius 3 is 2.66 bits per heavy atom. The molecule has 0 radical (unpaired) electrons. The fourth-order valence-corrected chi connectivity index (χ4v) is 3.95. The maximum atomic E-state index is 12.0. The van der Waals surface area contributed by atoms with E-state index in [0.29, 0.717) is 23.6 Å². The molecule has 4 N–H and O–H groups in total. The summed E-state index contributed by atoms with van der Waals surface area (Å²) in [4.78, 5) is 23.4. The smallest absolute Gasteiger partial charge is 0.271 e. The number of rotatable bonds is 7. The summed E-state index contributed by atoms with van der Waals surface area (Å²) in [5.41, 5.74) is 6.66. The standard InChI is InChI=1S/C19H26N6O3S/c1-4-15-18(22-13-8-9-25(2)11-13)24-19(16(23-15)17(20)26)21-12-6-5-7-14(10-12)29(3,27)28/h5-7,10,13H,4,8-9,11H2,1-3H3,(H2,20,26)(H2,21,22,24). The molecule has 10 heteroatoms. The number of nitrogens with zero attached hydrogens (tertiary/aromatic N) is 3. The summed E-state index contributed by atoms with van der Waals surface area (Å²) < 4.78 is 23.7. The van der Waals surface area contributed by atoms with Crippen molar-refractivity contribution in [1.29, 1.82) is 0 Å². The van der Waals surface area contributed by atoms with Crippen LogP contribution in [0.4, 0.5) is 17.3 Å². The van der Waals surface area contributed by atoms with Gasteiger partial charge in [-0.2, -0.15) is 0 Å². The monoisotopic (exact) mass is 418 g/mol. The summed E-state index contributed by atoms with van der Waals surface area (Å²) in [7, 11) is -1.31. The molecule has 9 nitrogen and oxygen atoms in total. The van der Waals surface area contributed by atoms with E-state index in [2.05, 4.69) is 32.5 Å². The molecule has 156 valence electrons. The highest BCUT2D eigenvalue weighted by atomic mass is 32.2. The minimum absolute atomic E-state index is 0.0145. The molecule has 1 aliphatic rings. The van der Waals surface area contributed by atoms with Crippen molar-refractivity contribution in [2.45, 2.75) is 30.7 Å². The van der Waals surface area contributed by atoms with Gasteiger partial charge in [0.2, 0.25) is 0 Å². The zero-order valence-electron chi connectivity index (χ0n) is 16.8. The highest BCUT2D eigenvalue weighted by molar-refractivity contribution is 7.90. The number of carbonyl (C=O) groups is 1. The molecule has 3 rings (SSSR count). The minimum atomic E-state index is -3.37. The Morgan fingerprint density at radius 1 is 1.31 bits per heavy atom. The van der Waals surface area contributed by atoms with Crippen LogP contribution in [0.25, 0.3) is 0 Å². The summed E-state index contributed by atoms with van der Waals surface area (Å²) in [6.07, 6.45) is 2.71. The van der Waals surface area contributed by atoms with Crippen molar-refractivity contribution >= 4 is 33.1 Å². The van der Waals surface area contributed by atoms with Crippen molar-refractivity contribution < 1.29 is 13.2 Å². The lowest BCUT2D eigenvalue weighted by atomic mass is 10.2. The Hall–Kier alpha value is -2.72. The number of anilines is 3. The number of nitrogens with two attached hydrogens (primary N) is 1. The molecule has 0 saturated carbocycles. The summed E-state index contributed by atoms with van der Waals surface area (Å²) in [5, 5.41) is 6.42. The minimum Gasteiger partial charge on any atom is -0.364 e. The van der Waals surface area contributed by atoms with Crippen molar-refractivity contribution in [3.8, 4) is 0 Å². The van der Waals surface area contributed by atoms with E-state index < -0.39 is 15.7 Å². The number of aryl methyl sites for hydroxylation is 1. The molecule has 1 unspecified atom stereocenters. The topological polar surface area (TPSA) is 130 Å². The van der Waals surface area contributed by atoms with Gasteiger partial charge in [0, 0.05) is 24.5 Å². The summed E-state index contributed by atoms with van der Waals surface area (Å²) in [6, 6.07) is 6.53. The zero-order valence-corrected chi connectivity index (χ0v) is 17.6. The molecule has 1 amide bonds. The number of likely N-dealkylation sites (tertiary alicyclic amines) is 1. The van der Waals surface area contributed by atoms with Crippen LogP contribution in [0.3, 0.4) is 0 Å². The number of hydrogen-bond acceptors (Lipinski definition) is 8. The van der Waals surface area contributed by atoms with Crippen LogP contribution in [0.2, 0.25) is 0 Å². The fourth-order valence-electron chi connectivity index (χ4n) is 3.28. The Bertz CT molecular complexity index is 1020. The van der Waals surface area contributed by atoms with Crippen molar-refractivity contribution in [3.63, 3.8) is 0 Å². The predicted octanol–water partition coefficient (Wildman–Crippen LogP) is 1.40. The van der Waals surface area contributed by atoms with Gasteiger partial charge in [-0.15, -0.1) is 0 Å². The molecule has 2 aromatic rings. The third-order valence-corrected chi connectivity index (χ3v) is 5.90. The zero-order chi connectivity index (χ0) is 21.2. The quantitative estimate of drug-likeness (QED) is 0.615. The number of amides is 1. The van der Waals surface area contributed by atoms with Crippen LogP contribution in [0.1, 0.15) is 29.5 Å². The van der Waals surface area contributed by atoms with E-state index in [0.717, 1.165) is 25.8 Å². The van der Waals surface area contributed by atoms with Crippen LogP contribution in [0, 0.1) is 0 Å². The molecule has 0 aliphatic carbocycles. The van der Waals surface area contributed by atoms with Gasteiger partial charge in [0.05, 0.1) is 10.6 Å². The molecular formula is C19H26N6O3S. The first-order valence-electron chi connectivity index (χ1n) is 9.40. The highest BCUT2D eigenvalue weighted by Gasteiger charge is 2.23. The van der Waals surface area contributed by atoms with Gasteiger partial charge in [-0.05, 0) is 44.6 Å². The number of hydrogen-bond donors (Lipinski definition) is 3. The first-order chi connectivity index (χ1) is 13.7. The second-order valence-electron chi connectivity index (χ2n) is 7.25. The van der Waals surface area contributed by atoms with Gasteiger partial charge < -0.3 is 21.3 Å². The normalized spacial score (nSPS) is 17.3. The lowest BCUT2D eigenvalue weighted by Crippen LogP contribution is -2.26. The number of aromatic nitrogens is 2. The average molecular weight is 419 g/mol. The number of nitrogens with one attached hydrogen (secondary N) is 2. The molecule has 1 aliphatic heterocycles. The van der Waals surface area contributed by atoms with Gasteiger partial charge in [-0.1, -0.05) is 13.0 Å². The molecule has 1 saturated heterocycles. The van der Waals surface area contributed by atoms with Crippen LogP contribution in [0.5, 0.6) is 0 Å². The first-order valence-corrected chi connectivity index (χ1v) is 11.3. The van der Waals surface area contributed by atoms with Crippen molar-refractivity contribution in [3.05, 3.63) is 35.7 Å². The Labute approximate surface area is 170 Å². The lowest BCUT2D eigenvalue weighted by molar-refractivity contribution is 0.0996. The second kappa shape index (κ2) is 8.34. The molecule has 1 atom stereocenters. The number of benzene rings is 1. The van der Waals surface area contributed by atoms with Gasteiger partial charge in [0.1, 0.15) is 0 Å². The SMILES string of the molecule is CCc1nc(C(N)=O)c(Nc2cccc(S(C)(=O)=O)c2)nc1NC1CCN(C)C1. The Balaban J connectivity index is 1.98. The molecule has 1 aromatic carbocycles. The van der Waals surface area contributed by atoms with Gasteiger partial charge >= 0.3 is 0 Å². The molecule has 2 heterocycles. The van der Waals surface area contributed by atoms with Gasteiger partial charge in [-0.25, -0.2) is 18.4 Å². The van der Waals surface area contributed by atoms with E-state index in [-0.39, 0.29) is 22.4 Å². The van der Waals surface area contributed by atoms with Crippen LogP contribution in [-0.4, -0.2) is 61.6 Å². The van der Waals surface area contributed by atoms with E-state index in [1.807, 2.05) is 6.92 Å². The number of primary amides is 1. The third kappa shape index (κ3) is 5.01. The largest absolute Gasteiger partial charge is 0.364 e. The van der Waals surface area contributed by atoms with Crippen molar-refractivity contribution in [2.24, 2.45) is 5.73 Å². The lowest BCUT2D eigenvalue weighted by Gasteiger charge is -2.18. The molecule has 29 heavy (non-hydrogen) atoms. The third-order valence-electron chi connectivity index (χ3n) is 4.79. The second-order valence-corrected chi connectivity index (χ2v) is 9.27. The fraction of sp³-hybridized carbons (Fsp3) is 0.421. The number of likely N-dealkylation sites (N-methyl/N-ethyl adjacent to an activating group) is 1. The molecule has 0 bridgehead atoms. The maximum Gasteiger partial charge on any atom is 0.271 e. The van der Waals surface area contributed by atoms with Crippen molar-refractivity contribution in [1.82, 2.24) is 14.9 Å². The van der Waals surface area contributed by atoms with Crippen LogP contribution < -0.4 is 16.4 Å². The molecule has 1 fully saturated rings. The first kappa shape index (κ1) is 21.0. The van der Waals surface area contributed by atoms with Crippen LogP contribution >= 0.6 is 0 Å². The predicted molar refractivity (Wildman–Crippen MR) is 112 cm³/mol. The van der Waals surface area contributed by atoms with E-state index >= 15 is 0 Å².